The van der Waals surface area contributed by atoms with Gasteiger partial charge in [0, 0.05) is 16.1 Å². The van der Waals surface area contributed by atoms with E-state index >= 15 is 0 Å². The van der Waals surface area contributed by atoms with E-state index in [1.807, 2.05) is 38.1 Å². The van der Waals surface area contributed by atoms with E-state index in [1.54, 1.807) is 16.8 Å². The predicted molar refractivity (Wildman–Crippen MR) is 76.6 cm³/mol. The SMILES string of the molecule is CCC(C)n1nc(-c2ccc(Br)cc2)ccc1=O. The predicted octanol–water partition coefficient (Wildman–Crippen LogP) is 3.64. The largest absolute Gasteiger partial charge is 0.268 e. The Balaban J connectivity index is 2.47. The van der Waals surface area contributed by atoms with Gasteiger partial charge in [0.1, 0.15) is 0 Å². The van der Waals surface area contributed by atoms with Crippen LogP contribution in [0, 0.1) is 0 Å². The molecule has 0 fully saturated rings. The molecule has 1 atom stereocenters. The molecule has 0 amide bonds. The summed E-state index contributed by atoms with van der Waals surface area (Å²) < 4.78 is 2.58. The van der Waals surface area contributed by atoms with Crippen molar-refractivity contribution in [1.82, 2.24) is 9.78 Å². The number of aromatic nitrogens is 2. The Bertz CT molecular complexity index is 589. The molecule has 0 spiro atoms. The molecule has 0 saturated heterocycles. The van der Waals surface area contributed by atoms with E-state index in [9.17, 15) is 4.79 Å². The van der Waals surface area contributed by atoms with Crippen molar-refractivity contribution in [3.8, 4) is 11.3 Å². The molecule has 18 heavy (non-hydrogen) atoms. The maximum absolute atomic E-state index is 11.8. The van der Waals surface area contributed by atoms with E-state index in [2.05, 4.69) is 21.0 Å². The monoisotopic (exact) mass is 306 g/mol. The van der Waals surface area contributed by atoms with Crippen molar-refractivity contribution in [2.24, 2.45) is 0 Å². The molecule has 1 aromatic heterocycles. The summed E-state index contributed by atoms with van der Waals surface area (Å²) in [4.78, 5) is 11.8. The number of hydrogen-bond donors (Lipinski definition) is 0. The van der Waals surface area contributed by atoms with Crippen LogP contribution < -0.4 is 5.56 Å². The van der Waals surface area contributed by atoms with Gasteiger partial charge in [0.2, 0.25) is 0 Å². The Hall–Kier alpha value is -1.42. The summed E-state index contributed by atoms with van der Waals surface area (Å²) in [5.74, 6) is 0. The first-order valence-electron chi connectivity index (χ1n) is 5.97. The molecule has 0 N–H and O–H groups in total. The first-order chi connectivity index (χ1) is 8.61. The molecule has 0 bridgehead atoms. The van der Waals surface area contributed by atoms with Crippen molar-refractivity contribution in [2.75, 3.05) is 0 Å². The zero-order valence-corrected chi connectivity index (χ0v) is 12.0. The van der Waals surface area contributed by atoms with Crippen LogP contribution in [0.3, 0.4) is 0 Å². The van der Waals surface area contributed by atoms with Gasteiger partial charge >= 0.3 is 0 Å². The fourth-order valence-electron chi connectivity index (χ4n) is 1.69. The van der Waals surface area contributed by atoms with Crippen LogP contribution in [0.1, 0.15) is 26.3 Å². The second-order valence-electron chi connectivity index (χ2n) is 4.27. The quantitative estimate of drug-likeness (QED) is 0.867. The van der Waals surface area contributed by atoms with Gasteiger partial charge in [-0.1, -0.05) is 35.0 Å². The normalized spacial score (nSPS) is 12.4. The Kier molecular flexibility index (Phi) is 3.97. The van der Waals surface area contributed by atoms with Gasteiger partial charge in [-0.15, -0.1) is 0 Å². The molecule has 4 heteroatoms. The zero-order valence-electron chi connectivity index (χ0n) is 10.4. The molecule has 0 aliphatic heterocycles. The molecular formula is C14H15BrN2O. The second-order valence-corrected chi connectivity index (χ2v) is 5.18. The number of rotatable bonds is 3. The van der Waals surface area contributed by atoms with Crippen LogP contribution in [0.4, 0.5) is 0 Å². The van der Waals surface area contributed by atoms with E-state index in [4.69, 9.17) is 0 Å². The van der Waals surface area contributed by atoms with Crippen LogP contribution in [0.5, 0.6) is 0 Å². The summed E-state index contributed by atoms with van der Waals surface area (Å²) in [5.41, 5.74) is 1.78. The van der Waals surface area contributed by atoms with Crippen molar-refractivity contribution in [3.05, 3.63) is 51.2 Å². The van der Waals surface area contributed by atoms with Crippen molar-refractivity contribution in [1.29, 1.82) is 0 Å². The van der Waals surface area contributed by atoms with Crippen molar-refractivity contribution >= 4 is 15.9 Å². The minimum Gasteiger partial charge on any atom is -0.268 e. The molecule has 2 aromatic rings. The first-order valence-corrected chi connectivity index (χ1v) is 6.77. The molecule has 94 valence electrons. The van der Waals surface area contributed by atoms with E-state index in [0.29, 0.717) is 0 Å². The van der Waals surface area contributed by atoms with Gasteiger partial charge in [-0.25, -0.2) is 4.68 Å². The van der Waals surface area contributed by atoms with Gasteiger partial charge in [0.25, 0.3) is 5.56 Å². The van der Waals surface area contributed by atoms with Crippen LogP contribution in [0.15, 0.2) is 45.7 Å². The van der Waals surface area contributed by atoms with Gasteiger partial charge in [-0.05, 0) is 31.5 Å². The highest BCUT2D eigenvalue weighted by atomic mass is 79.9. The number of nitrogens with zero attached hydrogens (tertiary/aromatic N) is 2. The van der Waals surface area contributed by atoms with Crippen LogP contribution in [-0.4, -0.2) is 9.78 Å². The topological polar surface area (TPSA) is 34.9 Å². The van der Waals surface area contributed by atoms with Gasteiger partial charge in [-0.2, -0.15) is 5.10 Å². The minimum absolute atomic E-state index is 0.0507. The minimum atomic E-state index is -0.0507. The third kappa shape index (κ3) is 2.70. The molecule has 0 aliphatic carbocycles. The van der Waals surface area contributed by atoms with E-state index in [1.165, 1.54) is 0 Å². The lowest BCUT2D eigenvalue weighted by Crippen LogP contribution is -2.25. The molecular weight excluding hydrogens is 292 g/mol. The molecule has 0 aliphatic rings. The third-order valence-electron chi connectivity index (χ3n) is 2.97. The van der Waals surface area contributed by atoms with Crippen molar-refractivity contribution in [3.63, 3.8) is 0 Å². The summed E-state index contributed by atoms with van der Waals surface area (Å²) in [6, 6.07) is 11.4. The van der Waals surface area contributed by atoms with E-state index in [-0.39, 0.29) is 11.6 Å². The van der Waals surface area contributed by atoms with Crippen molar-refractivity contribution in [2.45, 2.75) is 26.3 Å². The highest BCUT2D eigenvalue weighted by Gasteiger charge is 2.07. The number of halogens is 1. The molecule has 2 rings (SSSR count). The summed E-state index contributed by atoms with van der Waals surface area (Å²) in [5, 5.41) is 4.43. The average molecular weight is 307 g/mol. The lowest BCUT2D eigenvalue weighted by atomic mass is 10.1. The highest BCUT2D eigenvalue weighted by Crippen LogP contribution is 2.19. The lowest BCUT2D eigenvalue weighted by molar-refractivity contribution is 0.456. The van der Waals surface area contributed by atoms with Crippen molar-refractivity contribution < 1.29 is 0 Å². The fraction of sp³-hybridized carbons (Fsp3) is 0.286. The maximum Gasteiger partial charge on any atom is 0.267 e. The van der Waals surface area contributed by atoms with E-state index < -0.39 is 0 Å². The Labute approximate surface area is 115 Å². The summed E-state index contributed by atoms with van der Waals surface area (Å²) in [7, 11) is 0. The fourth-order valence-corrected chi connectivity index (χ4v) is 1.95. The molecule has 1 unspecified atom stereocenters. The van der Waals surface area contributed by atoms with Crippen LogP contribution in [-0.2, 0) is 0 Å². The average Bonchev–Trinajstić information content (AvgIpc) is 2.39. The zero-order chi connectivity index (χ0) is 13.1. The smallest absolute Gasteiger partial charge is 0.267 e. The third-order valence-corrected chi connectivity index (χ3v) is 3.50. The number of hydrogen-bond acceptors (Lipinski definition) is 2. The lowest BCUT2D eigenvalue weighted by Gasteiger charge is -2.12. The van der Waals surface area contributed by atoms with Crippen LogP contribution in [0.25, 0.3) is 11.3 Å². The van der Waals surface area contributed by atoms with Crippen LogP contribution >= 0.6 is 15.9 Å². The van der Waals surface area contributed by atoms with Gasteiger partial charge in [0.15, 0.2) is 0 Å². The first kappa shape index (κ1) is 13.0. The Morgan fingerprint density at radius 3 is 2.50 bits per heavy atom. The summed E-state index contributed by atoms with van der Waals surface area (Å²) in [6.07, 6.45) is 0.886. The molecule has 3 nitrogen and oxygen atoms in total. The molecule has 0 radical (unpaired) electrons. The van der Waals surface area contributed by atoms with E-state index in [0.717, 1.165) is 22.2 Å². The maximum atomic E-state index is 11.8. The standard InChI is InChI=1S/C14H15BrN2O/c1-3-10(2)17-14(18)9-8-13(16-17)11-4-6-12(15)7-5-11/h4-10H,3H2,1-2H3. The summed E-state index contributed by atoms with van der Waals surface area (Å²) >= 11 is 3.40. The molecule has 1 aromatic carbocycles. The molecule has 0 saturated carbocycles. The Morgan fingerprint density at radius 1 is 1.22 bits per heavy atom. The molecule has 1 heterocycles. The van der Waals surface area contributed by atoms with Crippen LogP contribution in [0.2, 0.25) is 0 Å². The second kappa shape index (κ2) is 5.48. The summed E-state index contributed by atoms with van der Waals surface area (Å²) in [6.45, 7) is 4.05. The Morgan fingerprint density at radius 2 is 1.89 bits per heavy atom. The number of benzene rings is 1. The highest BCUT2D eigenvalue weighted by molar-refractivity contribution is 9.10. The van der Waals surface area contributed by atoms with Gasteiger partial charge in [-0.3, -0.25) is 4.79 Å². The van der Waals surface area contributed by atoms with Gasteiger partial charge < -0.3 is 0 Å². The van der Waals surface area contributed by atoms with Gasteiger partial charge in [0.05, 0.1) is 11.7 Å².